The molecule has 0 radical (unpaired) electrons. The Morgan fingerprint density at radius 3 is 1.97 bits per heavy atom. The van der Waals surface area contributed by atoms with E-state index in [1.54, 1.807) is 5.56 Å². The minimum atomic E-state index is 0.221. The van der Waals surface area contributed by atoms with Gasteiger partial charge in [0.2, 0.25) is 0 Å². The van der Waals surface area contributed by atoms with Crippen molar-refractivity contribution in [3.8, 4) is 0 Å². The van der Waals surface area contributed by atoms with Crippen LogP contribution in [-0.4, -0.2) is 0 Å². The van der Waals surface area contributed by atoms with Gasteiger partial charge in [0.1, 0.15) is 0 Å². The van der Waals surface area contributed by atoms with Crippen molar-refractivity contribution >= 4 is 11.1 Å². The van der Waals surface area contributed by atoms with Gasteiger partial charge in [-0.05, 0) is 107 Å². The van der Waals surface area contributed by atoms with Gasteiger partial charge in [-0.25, -0.2) is 0 Å². The summed E-state index contributed by atoms with van der Waals surface area (Å²) in [6.45, 7) is 20.7. The molecule has 0 saturated heterocycles. The van der Waals surface area contributed by atoms with E-state index in [0.29, 0.717) is 0 Å². The van der Waals surface area contributed by atoms with Crippen LogP contribution in [0.2, 0.25) is 0 Å². The third-order valence-electron chi connectivity index (χ3n) is 7.63. The first-order valence-corrected chi connectivity index (χ1v) is 11.8. The lowest BCUT2D eigenvalue weighted by molar-refractivity contribution is 0.331. The van der Waals surface area contributed by atoms with Crippen LogP contribution in [0, 0.1) is 6.92 Å². The molecule has 162 valence electrons. The Morgan fingerprint density at radius 2 is 1.45 bits per heavy atom. The molecule has 0 bridgehead atoms. The molecule has 4 rings (SSSR count). The number of aryl methyl sites for hydroxylation is 1. The second-order valence-corrected chi connectivity index (χ2v) is 11.2. The first kappa shape index (κ1) is 21.9. The minimum Gasteiger partial charge on any atom is -0.0952 e. The molecule has 0 nitrogen and oxygen atoms in total. The monoisotopic (exact) mass is 410 g/mol. The van der Waals surface area contributed by atoms with E-state index >= 15 is 0 Å². The predicted octanol–water partition coefficient (Wildman–Crippen LogP) is 8.92. The van der Waals surface area contributed by atoms with Crippen molar-refractivity contribution in [2.45, 2.75) is 85.0 Å². The van der Waals surface area contributed by atoms with Crippen LogP contribution in [0.1, 0.15) is 101 Å². The van der Waals surface area contributed by atoms with Crippen molar-refractivity contribution in [3.63, 3.8) is 0 Å². The number of hydrogen-bond acceptors (Lipinski definition) is 0. The van der Waals surface area contributed by atoms with Gasteiger partial charge in [-0.1, -0.05) is 82.3 Å². The van der Waals surface area contributed by atoms with Crippen LogP contribution < -0.4 is 0 Å². The van der Waals surface area contributed by atoms with Gasteiger partial charge in [-0.3, -0.25) is 0 Å². The molecule has 0 saturated carbocycles. The van der Waals surface area contributed by atoms with Crippen LogP contribution in [-0.2, 0) is 10.8 Å². The topological polar surface area (TPSA) is 0 Å². The molecule has 0 heteroatoms. The first-order chi connectivity index (χ1) is 14.5. The molecule has 0 atom stereocenters. The summed E-state index contributed by atoms with van der Waals surface area (Å²) in [4.78, 5) is 0. The summed E-state index contributed by atoms with van der Waals surface area (Å²) >= 11 is 0. The average molecular weight is 411 g/mol. The standard InChI is InChI=1S/C31H38/c1-20(2)29(24-14-12-23(13-15-24)25-11-9-10-21(25)3)26-19-28-27(18-22(26)4)30(5,6)16-17-31(28,7)8/h11-15,18-19H,3,9-10,16-17H2,1-2,4-8H3. The van der Waals surface area contributed by atoms with Crippen molar-refractivity contribution in [1.29, 1.82) is 0 Å². The third kappa shape index (κ3) is 3.86. The van der Waals surface area contributed by atoms with E-state index in [-0.39, 0.29) is 10.8 Å². The van der Waals surface area contributed by atoms with E-state index in [2.05, 4.69) is 97.5 Å². The van der Waals surface area contributed by atoms with Gasteiger partial charge in [0, 0.05) is 0 Å². The van der Waals surface area contributed by atoms with Gasteiger partial charge >= 0.3 is 0 Å². The Kier molecular flexibility index (Phi) is 5.41. The molecule has 0 unspecified atom stereocenters. The quantitative estimate of drug-likeness (QED) is 0.474. The molecule has 0 amide bonds. The highest BCUT2D eigenvalue weighted by molar-refractivity contribution is 5.86. The van der Waals surface area contributed by atoms with Gasteiger partial charge in [0.15, 0.2) is 0 Å². The van der Waals surface area contributed by atoms with Gasteiger partial charge in [0.25, 0.3) is 0 Å². The molecule has 2 aliphatic rings. The summed E-state index contributed by atoms with van der Waals surface area (Å²) < 4.78 is 0. The lowest BCUT2D eigenvalue weighted by Gasteiger charge is -2.42. The third-order valence-corrected chi connectivity index (χ3v) is 7.63. The summed E-state index contributed by atoms with van der Waals surface area (Å²) in [6, 6.07) is 14.2. The van der Waals surface area contributed by atoms with Crippen LogP contribution in [0.4, 0.5) is 0 Å². The Morgan fingerprint density at radius 1 is 0.871 bits per heavy atom. The maximum atomic E-state index is 4.25. The second-order valence-electron chi connectivity index (χ2n) is 11.2. The zero-order valence-corrected chi connectivity index (χ0v) is 20.6. The maximum absolute atomic E-state index is 4.25. The smallest absolute Gasteiger partial charge is 0.0100 e. The van der Waals surface area contributed by atoms with Crippen LogP contribution in [0.3, 0.4) is 0 Å². The SMILES string of the molecule is C=C1CCC=C1c1ccc(C(=C(C)C)c2cc3c(cc2C)C(C)(C)CCC3(C)C)cc1. The molecule has 2 aromatic carbocycles. The molecule has 0 aromatic heterocycles. The Labute approximate surface area is 189 Å². The Hall–Kier alpha value is -2.34. The van der Waals surface area contributed by atoms with E-state index in [9.17, 15) is 0 Å². The zero-order chi connectivity index (χ0) is 22.6. The Balaban J connectivity index is 1.82. The molecule has 2 aliphatic carbocycles. The van der Waals surface area contributed by atoms with E-state index in [4.69, 9.17) is 0 Å². The van der Waals surface area contributed by atoms with Crippen molar-refractivity contribution in [2.75, 3.05) is 0 Å². The lowest BCUT2D eigenvalue weighted by atomic mass is 9.62. The summed E-state index contributed by atoms with van der Waals surface area (Å²) in [5.41, 5.74) is 14.3. The fourth-order valence-electron chi connectivity index (χ4n) is 5.51. The molecule has 0 heterocycles. The van der Waals surface area contributed by atoms with E-state index in [0.717, 1.165) is 12.8 Å². The highest BCUT2D eigenvalue weighted by Gasteiger charge is 2.37. The molecule has 0 N–H and O–H groups in total. The fourth-order valence-corrected chi connectivity index (χ4v) is 5.51. The number of rotatable bonds is 3. The van der Waals surface area contributed by atoms with Crippen LogP contribution in [0.15, 0.2) is 60.2 Å². The van der Waals surface area contributed by atoms with Crippen molar-refractivity contribution in [3.05, 3.63) is 93.6 Å². The highest BCUT2D eigenvalue weighted by atomic mass is 14.4. The fraction of sp³-hybridized carbons (Fsp3) is 0.419. The van der Waals surface area contributed by atoms with E-state index in [1.165, 1.54) is 63.0 Å². The summed E-state index contributed by atoms with van der Waals surface area (Å²) in [5, 5.41) is 0. The second kappa shape index (κ2) is 7.66. The normalized spacial score (nSPS) is 19.1. The van der Waals surface area contributed by atoms with Crippen LogP contribution in [0.5, 0.6) is 0 Å². The molecular weight excluding hydrogens is 372 g/mol. The zero-order valence-electron chi connectivity index (χ0n) is 20.6. The predicted molar refractivity (Wildman–Crippen MR) is 137 cm³/mol. The highest BCUT2D eigenvalue weighted by Crippen LogP contribution is 2.47. The number of hydrogen-bond donors (Lipinski definition) is 0. The molecule has 0 spiro atoms. The molecule has 2 aromatic rings. The van der Waals surface area contributed by atoms with E-state index in [1.807, 2.05) is 0 Å². The number of benzene rings is 2. The van der Waals surface area contributed by atoms with E-state index < -0.39 is 0 Å². The van der Waals surface area contributed by atoms with Crippen molar-refractivity contribution in [1.82, 2.24) is 0 Å². The maximum Gasteiger partial charge on any atom is -0.0100 e. The van der Waals surface area contributed by atoms with Gasteiger partial charge in [-0.15, -0.1) is 0 Å². The summed E-state index contributed by atoms with van der Waals surface area (Å²) in [6.07, 6.45) is 7.04. The lowest BCUT2D eigenvalue weighted by Crippen LogP contribution is -2.34. The molecular formula is C31H38. The van der Waals surface area contributed by atoms with Crippen LogP contribution >= 0.6 is 0 Å². The largest absolute Gasteiger partial charge is 0.0952 e. The van der Waals surface area contributed by atoms with Crippen molar-refractivity contribution < 1.29 is 0 Å². The Bertz CT molecular complexity index is 1090. The molecule has 0 fully saturated rings. The number of allylic oxidation sites excluding steroid dienone is 4. The molecule has 0 aliphatic heterocycles. The van der Waals surface area contributed by atoms with Gasteiger partial charge in [-0.2, -0.15) is 0 Å². The van der Waals surface area contributed by atoms with Crippen LogP contribution in [0.25, 0.3) is 11.1 Å². The average Bonchev–Trinajstić information content (AvgIpc) is 3.13. The summed E-state index contributed by atoms with van der Waals surface area (Å²) in [7, 11) is 0. The van der Waals surface area contributed by atoms with Gasteiger partial charge in [0.05, 0.1) is 0 Å². The number of fused-ring (bicyclic) bond motifs is 1. The molecule has 31 heavy (non-hydrogen) atoms. The minimum absolute atomic E-state index is 0.221. The summed E-state index contributed by atoms with van der Waals surface area (Å²) in [5.74, 6) is 0. The first-order valence-electron chi connectivity index (χ1n) is 11.8. The van der Waals surface area contributed by atoms with Gasteiger partial charge < -0.3 is 0 Å². The van der Waals surface area contributed by atoms with Crippen molar-refractivity contribution in [2.24, 2.45) is 0 Å².